The molecule has 1 aromatic carbocycles. The second-order valence-corrected chi connectivity index (χ2v) is 7.35. The standard InChI is InChI=1S/C14H13NO4S2/c1-2-6-21(18,19)9-10-4-3-5-11(7-10)13-15-12(8-20-13)14(16)17/h2-5,7-8H,1,6,9H2,(H,16,17). The minimum atomic E-state index is -3.22. The topological polar surface area (TPSA) is 84.3 Å². The van der Waals surface area contributed by atoms with E-state index in [1.807, 2.05) is 0 Å². The van der Waals surface area contributed by atoms with Gasteiger partial charge in [0.2, 0.25) is 0 Å². The van der Waals surface area contributed by atoms with E-state index < -0.39 is 15.8 Å². The summed E-state index contributed by atoms with van der Waals surface area (Å²) >= 11 is 1.21. The van der Waals surface area contributed by atoms with Gasteiger partial charge in [-0.2, -0.15) is 0 Å². The Kier molecular flexibility index (Phi) is 4.54. The molecule has 0 saturated carbocycles. The number of aromatic carboxylic acids is 1. The fraction of sp³-hybridized carbons (Fsp3) is 0.143. The molecule has 0 spiro atoms. The Morgan fingerprint density at radius 2 is 2.19 bits per heavy atom. The molecule has 0 aliphatic heterocycles. The van der Waals surface area contributed by atoms with Gasteiger partial charge in [0.25, 0.3) is 0 Å². The summed E-state index contributed by atoms with van der Waals surface area (Å²) in [5.41, 5.74) is 1.33. The van der Waals surface area contributed by atoms with Crippen molar-refractivity contribution >= 4 is 27.1 Å². The maximum atomic E-state index is 11.8. The summed E-state index contributed by atoms with van der Waals surface area (Å²) in [6, 6.07) is 6.94. The highest BCUT2D eigenvalue weighted by atomic mass is 32.2. The average molecular weight is 323 g/mol. The highest BCUT2D eigenvalue weighted by Gasteiger charge is 2.13. The molecule has 110 valence electrons. The SMILES string of the molecule is C=CCS(=O)(=O)Cc1cccc(-c2nc(C(=O)O)cs2)c1. The Labute approximate surface area is 126 Å². The van der Waals surface area contributed by atoms with Crippen LogP contribution in [0.25, 0.3) is 10.6 Å². The number of hydrogen-bond acceptors (Lipinski definition) is 5. The van der Waals surface area contributed by atoms with Crippen molar-refractivity contribution in [2.75, 3.05) is 5.75 Å². The number of thiazole rings is 1. The van der Waals surface area contributed by atoms with Crippen LogP contribution in [0.1, 0.15) is 16.1 Å². The first-order chi connectivity index (χ1) is 9.91. The van der Waals surface area contributed by atoms with Gasteiger partial charge in [-0.05, 0) is 11.6 Å². The smallest absolute Gasteiger partial charge is 0.355 e. The van der Waals surface area contributed by atoms with Gasteiger partial charge in [0, 0.05) is 10.9 Å². The lowest BCUT2D eigenvalue weighted by Gasteiger charge is -2.04. The Hall–Kier alpha value is -1.99. The van der Waals surface area contributed by atoms with Crippen molar-refractivity contribution in [3.8, 4) is 10.6 Å². The molecule has 0 amide bonds. The summed E-state index contributed by atoms with van der Waals surface area (Å²) in [6.07, 6.45) is 1.36. The normalized spacial score (nSPS) is 11.2. The summed E-state index contributed by atoms with van der Waals surface area (Å²) in [6.45, 7) is 3.43. The summed E-state index contributed by atoms with van der Waals surface area (Å²) in [5, 5.41) is 10.9. The molecule has 2 aromatic rings. The second-order valence-electron chi connectivity index (χ2n) is 4.39. The second kappa shape index (κ2) is 6.19. The van der Waals surface area contributed by atoms with E-state index in [4.69, 9.17) is 5.11 Å². The predicted octanol–water partition coefficient (Wildman–Crippen LogP) is 2.61. The van der Waals surface area contributed by atoms with E-state index in [0.717, 1.165) is 0 Å². The van der Waals surface area contributed by atoms with E-state index in [-0.39, 0.29) is 17.2 Å². The number of hydrogen-bond donors (Lipinski definition) is 1. The molecule has 0 radical (unpaired) electrons. The molecule has 5 nitrogen and oxygen atoms in total. The van der Waals surface area contributed by atoms with E-state index >= 15 is 0 Å². The molecule has 0 unspecified atom stereocenters. The van der Waals surface area contributed by atoms with Crippen LogP contribution in [0.3, 0.4) is 0 Å². The number of benzene rings is 1. The van der Waals surface area contributed by atoms with Crippen molar-refractivity contribution in [2.45, 2.75) is 5.75 Å². The number of carboxylic acid groups (broad SMARTS) is 1. The molecule has 0 fully saturated rings. The van der Waals surface area contributed by atoms with Crippen LogP contribution in [0, 0.1) is 0 Å². The first-order valence-electron chi connectivity index (χ1n) is 6.01. The lowest BCUT2D eigenvalue weighted by molar-refractivity contribution is 0.0691. The molecule has 1 N–H and O–H groups in total. The van der Waals surface area contributed by atoms with Gasteiger partial charge in [0.05, 0.1) is 11.5 Å². The zero-order chi connectivity index (χ0) is 15.5. The summed E-state index contributed by atoms with van der Waals surface area (Å²) in [4.78, 5) is 14.8. The molecular formula is C14H13NO4S2. The third-order valence-electron chi connectivity index (χ3n) is 2.66. The quantitative estimate of drug-likeness (QED) is 0.826. The minimum Gasteiger partial charge on any atom is -0.476 e. The van der Waals surface area contributed by atoms with Crippen molar-refractivity contribution in [2.24, 2.45) is 0 Å². The zero-order valence-electron chi connectivity index (χ0n) is 11.0. The van der Waals surface area contributed by atoms with Crippen LogP contribution in [-0.2, 0) is 15.6 Å². The van der Waals surface area contributed by atoms with Crippen LogP contribution in [0.2, 0.25) is 0 Å². The third kappa shape index (κ3) is 3.99. The molecule has 0 bridgehead atoms. The van der Waals surface area contributed by atoms with Gasteiger partial charge >= 0.3 is 5.97 Å². The maximum Gasteiger partial charge on any atom is 0.355 e. The van der Waals surface area contributed by atoms with Gasteiger partial charge in [-0.3, -0.25) is 0 Å². The lowest BCUT2D eigenvalue weighted by Crippen LogP contribution is -2.07. The largest absolute Gasteiger partial charge is 0.476 e. The van der Waals surface area contributed by atoms with Gasteiger partial charge in [0.15, 0.2) is 15.5 Å². The first-order valence-corrected chi connectivity index (χ1v) is 8.71. The molecule has 1 aromatic heterocycles. The number of aromatic nitrogens is 1. The van der Waals surface area contributed by atoms with Gasteiger partial charge in [-0.15, -0.1) is 17.9 Å². The number of sulfone groups is 1. The Bertz CT molecular complexity index is 778. The van der Waals surface area contributed by atoms with E-state index in [1.54, 1.807) is 24.3 Å². The molecule has 0 saturated heterocycles. The fourth-order valence-electron chi connectivity index (χ4n) is 1.79. The molecule has 1 heterocycles. The minimum absolute atomic E-state index is 0.0142. The fourth-order valence-corrected chi connectivity index (χ4v) is 3.75. The number of carboxylic acids is 1. The van der Waals surface area contributed by atoms with Crippen LogP contribution in [0.4, 0.5) is 0 Å². The molecule has 0 atom stereocenters. The van der Waals surface area contributed by atoms with E-state index in [9.17, 15) is 13.2 Å². The first kappa shape index (κ1) is 15.4. The summed E-state index contributed by atoms with van der Waals surface area (Å²) < 4.78 is 23.6. The van der Waals surface area contributed by atoms with Crippen LogP contribution < -0.4 is 0 Å². The Morgan fingerprint density at radius 3 is 2.81 bits per heavy atom. The highest BCUT2D eigenvalue weighted by Crippen LogP contribution is 2.25. The summed E-state index contributed by atoms with van der Waals surface area (Å²) in [5.74, 6) is -1.23. The van der Waals surface area contributed by atoms with Crippen molar-refractivity contribution in [3.05, 3.63) is 53.6 Å². The van der Waals surface area contributed by atoms with Gasteiger partial charge in [-0.1, -0.05) is 24.3 Å². The van der Waals surface area contributed by atoms with Gasteiger partial charge in [0.1, 0.15) is 5.01 Å². The van der Waals surface area contributed by atoms with Gasteiger partial charge < -0.3 is 5.11 Å². The van der Waals surface area contributed by atoms with Crippen molar-refractivity contribution in [3.63, 3.8) is 0 Å². The monoisotopic (exact) mass is 323 g/mol. The molecular weight excluding hydrogens is 310 g/mol. The van der Waals surface area contributed by atoms with Gasteiger partial charge in [-0.25, -0.2) is 18.2 Å². The molecule has 7 heteroatoms. The predicted molar refractivity (Wildman–Crippen MR) is 82.2 cm³/mol. The lowest BCUT2D eigenvalue weighted by atomic mass is 10.1. The van der Waals surface area contributed by atoms with Crippen LogP contribution in [-0.4, -0.2) is 30.2 Å². The number of carbonyl (C=O) groups is 1. The Morgan fingerprint density at radius 1 is 1.43 bits per heavy atom. The van der Waals surface area contributed by atoms with Crippen LogP contribution in [0.5, 0.6) is 0 Å². The highest BCUT2D eigenvalue weighted by molar-refractivity contribution is 7.90. The average Bonchev–Trinajstić information content (AvgIpc) is 2.88. The van der Waals surface area contributed by atoms with E-state index in [1.165, 1.54) is 22.8 Å². The van der Waals surface area contributed by atoms with E-state index in [2.05, 4.69) is 11.6 Å². The maximum absolute atomic E-state index is 11.8. The molecule has 21 heavy (non-hydrogen) atoms. The molecule has 0 aliphatic rings. The van der Waals surface area contributed by atoms with Crippen molar-refractivity contribution in [1.82, 2.24) is 4.98 Å². The van der Waals surface area contributed by atoms with Crippen molar-refractivity contribution in [1.29, 1.82) is 0 Å². The van der Waals surface area contributed by atoms with Crippen LogP contribution in [0.15, 0.2) is 42.3 Å². The van der Waals surface area contributed by atoms with Crippen LogP contribution >= 0.6 is 11.3 Å². The number of rotatable bonds is 6. The third-order valence-corrected chi connectivity index (χ3v) is 5.06. The Balaban J connectivity index is 2.29. The zero-order valence-corrected chi connectivity index (χ0v) is 12.7. The number of nitrogens with zero attached hydrogens (tertiary/aromatic N) is 1. The summed E-state index contributed by atoms with van der Waals surface area (Å²) in [7, 11) is -3.22. The molecule has 2 rings (SSSR count). The molecule has 0 aliphatic carbocycles. The van der Waals surface area contributed by atoms with Crippen molar-refractivity contribution < 1.29 is 18.3 Å². The van der Waals surface area contributed by atoms with E-state index in [0.29, 0.717) is 16.1 Å².